The molecule has 0 bridgehead atoms. The fraction of sp³-hybridized carbons (Fsp3) is 0.385. The van der Waals surface area contributed by atoms with Crippen LogP contribution in [0.25, 0.3) is 10.1 Å². The first kappa shape index (κ1) is 11.6. The van der Waals surface area contributed by atoms with E-state index in [9.17, 15) is 0 Å². The summed E-state index contributed by atoms with van der Waals surface area (Å²) >= 11 is 1.83. The molecule has 0 fully saturated rings. The van der Waals surface area contributed by atoms with Crippen LogP contribution in [0.2, 0.25) is 0 Å². The van der Waals surface area contributed by atoms with Crippen molar-refractivity contribution < 1.29 is 0 Å². The summed E-state index contributed by atoms with van der Waals surface area (Å²) in [6.07, 6.45) is 1.08. The lowest BCUT2D eigenvalue weighted by Gasteiger charge is -2.06. The second-order valence-corrected chi connectivity index (χ2v) is 5.10. The molecule has 86 valence electrons. The molecule has 1 unspecified atom stereocenters. The van der Waals surface area contributed by atoms with Gasteiger partial charge in [0.1, 0.15) is 0 Å². The van der Waals surface area contributed by atoms with Crippen molar-refractivity contribution in [1.29, 1.82) is 0 Å². The number of thiophene rings is 1. The summed E-state index contributed by atoms with van der Waals surface area (Å²) in [6.45, 7) is 3.91. The summed E-state index contributed by atoms with van der Waals surface area (Å²) in [4.78, 5) is 0. The third-order valence-corrected chi connectivity index (χ3v) is 3.61. The highest BCUT2D eigenvalue weighted by Gasteiger charge is 2.02. The standard InChI is InChI=1S/C13H18N2S/c1-10(14)8-15-7-6-11-9-16-13-5-3-2-4-12(11)13/h2-5,9-10,15H,6-8,14H2,1H3. The van der Waals surface area contributed by atoms with Gasteiger partial charge in [0.2, 0.25) is 0 Å². The average molecular weight is 234 g/mol. The molecule has 1 atom stereocenters. The van der Waals surface area contributed by atoms with Crippen LogP contribution < -0.4 is 11.1 Å². The van der Waals surface area contributed by atoms with Crippen LogP contribution in [0.3, 0.4) is 0 Å². The van der Waals surface area contributed by atoms with E-state index in [4.69, 9.17) is 5.73 Å². The quantitative estimate of drug-likeness (QED) is 0.780. The zero-order valence-electron chi connectivity index (χ0n) is 9.57. The number of rotatable bonds is 5. The van der Waals surface area contributed by atoms with Gasteiger partial charge in [0.25, 0.3) is 0 Å². The highest BCUT2D eigenvalue weighted by atomic mass is 32.1. The third-order valence-electron chi connectivity index (χ3n) is 2.60. The Bertz CT molecular complexity index is 448. The van der Waals surface area contributed by atoms with Gasteiger partial charge in [-0.15, -0.1) is 11.3 Å². The molecular weight excluding hydrogens is 216 g/mol. The van der Waals surface area contributed by atoms with Gasteiger partial charge in [0.15, 0.2) is 0 Å². The van der Waals surface area contributed by atoms with E-state index in [1.54, 1.807) is 0 Å². The highest BCUT2D eigenvalue weighted by Crippen LogP contribution is 2.25. The minimum absolute atomic E-state index is 0.235. The molecule has 16 heavy (non-hydrogen) atoms. The lowest BCUT2D eigenvalue weighted by atomic mass is 10.1. The molecule has 3 N–H and O–H groups in total. The van der Waals surface area contributed by atoms with Crippen LogP contribution in [-0.4, -0.2) is 19.1 Å². The first-order valence-electron chi connectivity index (χ1n) is 5.69. The SMILES string of the molecule is CC(N)CNCCc1csc2ccccc12. The van der Waals surface area contributed by atoms with Crippen molar-refractivity contribution in [3.05, 3.63) is 35.2 Å². The van der Waals surface area contributed by atoms with Gasteiger partial charge >= 0.3 is 0 Å². The smallest absolute Gasteiger partial charge is 0.0345 e. The molecule has 0 spiro atoms. The number of hydrogen-bond acceptors (Lipinski definition) is 3. The second kappa shape index (κ2) is 5.43. The van der Waals surface area contributed by atoms with Gasteiger partial charge in [-0.25, -0.2) is 0 Å². The fourth-order valence-corrected chi connectivity index (χ4v) is 2.78. The summed E-state index contributed by atoms with van der Waals surface area (Å²) in [5, 5.41) is 7.03. The van der Waals surface area contributed by atoms with Crippen molar-refractivity contribution in [2.24, 2.45) is 5.73 Å². The molecule has 0 aliphatic rings. The van der Waals surface area contributed by atoms with E-state index in [-0.39, 0.29) is 6.04 Å². The number of nitrogens with two attached hydrogens (primary N) is 1. The van der Waals surface area contributed by atoms with Crippen molar-refractivity contribution in [1.82, 2.24) is 5.32 Å². The Kier molecular flexibility index (Phi) is 3.93. The predicted octanol–water partition coefficient (Wildman–Crippen LogP) is 2.38. The highest BCUT2D eigenvalue weighted by molar-refractivity contribution is 7.17. The molecule has 2 rings (SSSR count). The van der Waals surface area contributed by atoms with E-state index in [0.717, 1.165) is 19.5 Å². The van der Waals surface area contributed by atoms with E-state index in [1.165, 1.54) is 15.6 Å². The van der Waals surface area contributed by atoms with Crippen molar-refractivity contribution in [2.45, 2.75) is 19.4 Å². The van der Waals surface area contributed by atoms with E-state index >= 15 is 0 Å². The molecule has 2 aromatic rings. The Morgan fingerprint density at radius 1 is 1.38 bits per heavy atom. The Labute approximate surface area is 100 Å². The third kappa shape index (κ3) is 2.82. The second-order valence-electron chi connectivity index (χ2n) is 4.19. The van der Waals surface area contributed by atoms with Crippen molar-refractivity contribution >= 4 is 21.4 Å². The monoisotopic (exact) mass is 234 g/mol. The van der Waals surface area contributed by atoms with Crippen LogP contribution in [0, 0.1) is 0 Å². The first-order chi connectivity index (χ1) is 7.77. The molecule has 3 heteroatoms. The molecule has 1 aromatic heterocycles. The fourth-order valence-electron chi connectivity index (χ4n) is 1.78. The molecule has 0 amide bonds. The van der Waals surface area contributed by atoms with E-state index in [2.05, 4.69) is 35.0 Å². The number of fused-ring (bicyclic) bond motifs is 1. The van der Waals surface area contributed by atoms with Crippen molar-refractivity contribution in [3.63, 3.8) is 0 Å². The molecular formula is C13H18N2S. The lowest BCUT2D eigenvalue weighted by molar-refractivity contribution is 0.609. The van der Waals surface area contributed by atoms with Gasteiger partial charge in [0.05, 0.1) is 0 Å². The average Bonchev–Trinajstić information content (AvgIpc) is 2.68. The van der Waals surface area contributed by atoms with Gasteiger partial charge in [-0.3, -0.25) is 0 Å². The van der Waals surface area contributed by atoms with E-state index in [0.29, 0.717) is 0 Å². The van der Waals surface area contributed by atoms with Crippen LogP contribution in [0.5, 0.6) is 0 Å². The van der Waals surface area contributed by atoms with Crippen molar-refractivity contribution in [3.8, 4) is 0 Å². The molecule has 1 heterocycles. The largest absolute Gasteiger partial charge is 0.327 e. The summed E-state index contributed by atoms with van der Waals surface area (Å²) < 4.78 is 1.38. The number of benzene rings is 1. The van der Waals surface area contributed by atoms with Crippen LogP contribution >= 0.6 is 11.3 Å². The first-order valence-corrected chi connectivity index (χ1v) is 6.57. The van der Waals surface area contributed by atoms with E-state index in [1.807, 2.05) is 18.3 Å². The Hall–Kier alpha value is -0.900. The molecule has 0 saturated carbocycles. The maximum Gasteiger partial charge on any atom is 0.0345 e. The molecule has 0 aliphatic carbocycles. The van der Waals surface area contributed by atoms with Crippen LogP contribution in [0.4, 0.5) is 0 Å². The molecule has 0 aliphatic heterocycles. The van der Waals surface area contributed by atoms with Gasteiger partial charge in [-0.05, 0) is 42.3 Å². The van der Waals surface area contributed by atoms with Gasteiger partial charge in [-0.2, -0.15) is 0 Å². The minimum Gasteiger partial charge on any atom is -0.327 e. The minimum atomic E-state index is 0.235. The van der Waals surface area contributed by atoms with Gasteiger partial charge in [0, 0.05) is 17.3 Å². The topological polar surface area (TPSA) is 38.0 Å². The maximum atomic E-state index is 5.68. The number of hydrogen-bond donors (Lipinski definition) is 2. The van der Waals surface area contributed by atoms with Gasteiger partial charge in [-0.1, -0.05) is 18.2 Å². The zero-order chi connectivity index (χ0) is 11.4. The zero-order valence-corrected chi connectivity index (χ0v) is 10.4. The van der Waals surface area contributed by atoms with Crippen LogP contribution in [0.1, 0.15) is 12.5 Å². The molecule has 2 nitrogen and oxygen atoms in total. The molecule has 0 radical (unpaired) electrons. The van der Waals surface area contributed by atoms with Crippen molar-refractivity contribution in [2.75, 3.05) is 13.1 Å². The molecule has 0 saturated heterocycles. The Morgan fingerprint density at radius 2 is 2.19 bits per heavy atom. The lowest BCUT2D eigenvalue weighted by Crippen LogP contribution is -2.32. The number of nitrogens with one attached hydrogen (secondary N) is 1. The van der Waals surface area contributed by atoms with Gasteiger partial charge < -0.3 is 11.1 Å². The Balaban J connectivity index is 1.94. The Morgan fingerprint density at radius 3 is 3.00 bits per heavy atom. The normalized spacial score (nSPS) is 13.1. The van der Waals surface area contributed by atoms with E-state index < -0.39 is 0 Å². The molecule has 1 aromatic carbocycles. The van der Waals surface area contributed by atoms with Crippen LogP contribution in [0.15, 0.2) is 29.6 Å². The maximum absolute atomic E-state index is 5.68. The van der Waals surface area contributed by atoms with Crippen LogP contribution in [-0.2, 0) is 6.42 Å². The predicted molar refractivity (Wildman–Crippen MR) is 72.0 cm³/mol. The summed E-state index contributed by atoms with van der Waals surface area (Å²) in [7, 11) is 0. The summed E-state index contributed by atoms with van der Waals surface area (Å²) in [5.41, 5.74) is 7.12. The summed E-state index contributed by atoms with van der Waals surface area (Å²) in [5.74, 6) is 0. The summed E-state index contributed by atoms with van der Waals surface area (Å²) in [6, 6.07) is 8.82.